The maximum Gasteiger partial charge on any atom is 0.456 e. The van der Waals surface area contributed by atoms with Crippen molar-refractivity contribution >= 4 is 7.12 Å². The van der Waals surface area contributed by atoms with Gasteiger partial charge >= 0.3 is 7.12 Å². The standard InChI is InChI=1S/C11H16BNO2/c14-12(15)11-6-7-13(9-11)8-10-4-2-1-3-5-10/h1-5,11,14-15H,6-9H2/t11-/m0/s1. The van der Waals surface area contributed by atoms with Gasteiger partial charge in [-0.05, 0) is 25.1 Å². The Morgan fingerprint density at radius 3 is 2.60 bits per heavy atom. The molecule has 2 rings (SSSR count). The topological polar surface area (TPSA) is 43.7 Å². The lowest BCUT2D eigenvalue weighted by Crippen LogP contribution is -2.25. The number of hydrogen-bond acceptors (Lipinski definition) is 3. The highest BCUT2D eigenvalue weighted by Crippen LogP contribution is 2.24. The minimum Gasteiger partial charge on any atom is -0.427 e. The predicted octanol–water partition coefficient (Wildman–Crippen LogP) is 0.735. The van der Waals surface area contributed by atoms with E-state index in [0.29, 0.717) is 0 Å². The fraction of sp³-hybridized carbons (Fsp3) is 0.455. The van der Waals surface area contributed by atoms with Crippen LogP contribution in [-0.2, 0) is 6.54 Å². The lowest BCUT2D eigenvalue weighted by atomic mass is 9.72. The summed E-state index contributed by atoms with van der Waals surface area (Å²) in [7, 11) is -1.16. The average molecular weight is 205 g/mol. The Kier molecular flexibility index (Phi) is 3.41. The number of hydrogen-bond donors (Lipinski definition) is 2. The van der Waals surface area contributed by atoms with Gasteiger partial charge in [0.1, 0.15) is 0 Å². The summed E-state index contributed by atoms with van der Waals surface area (Å²) in [6, 6.07) is 10.3. The van der Waals surface area contributed by atoms with Crippen LogP contribution in [0.5, 0.6) is 0 Å². The van der Waals surface area contributed by atoms with Crippen LogP contribution < -0.4 is 0 Å². The average Bonchev–Trinajstić information content (AvgIpc) is 2.68. The van der Waals surface area contributed by atoms with E-state index in [9.17, 15) is 0 Å². The van der Waals surface area contributed by atoms with Gasteiger partial charge in [0.2, 0.25) is 0 Å². The first-order valence-electron chi connectivity index (χ1n) is 5.38. The van der Waals surface area contributed by atoms with Gasteiger partial charge in [-0.15, -0.1) is 0 Å². The monoisotopic (exact) mass is 205 g/mol. The maximum atomic E-state index is 9.06. The smallest absolute Gasteiger partial charge is 0.427 e. The van der Waals surface area contributed by atoms with Crippen molar-refractivity contribution in [2.45, 2.75) is 18.8 Å². The first kappa shape index (κ1) is 10.7. The quantitative estimate of drug-likeness (QED) is 0.715. The molecular formula is C11H16BNO2. The van der Waals surface area contributed by atoms with Crippen LogP contribution in [0.25, 0.3) is 0 Å². The van der Waals surface area contributed by atoms with E-state index in [1.54, 1.807) is 0 Å². The fourth-order valence-corrected chi connectivity index (χ4v) is 2.09. The van der Waals surface area contributed by atoms with Crippen molar-refractivity contribution in [1.82, 2.24) is 4.90 Å². The third-order valence-electron chi connectivity index (χ3n) is 2.98. The highest BCUT2D eigenvalue weighted by Gasteiger charge is 2.30. The summed E-state index contributed by atoms with van der Waals surface area (Å²) in [5.41, 5.74) is 1.28. The predicted molar refractivity (Wildman–Crippen MR) is 60.3 cm³/mol. The first-order valence-corrected chi connectivity index (χ1v) is 5.38. The highest BCUT2D eigenvalue weighted by atomic mass is 16.4. The Balaban J connectivity index is 1.88. The molecule has 80 valence electrons. The molecule has 4 heteroatoms. The van der Waals surface area contributed by atoms with E-state index in [-0.39, 0.29) is 5.82 Å². The molecule has 0 aliphatic carbocycles. The molecule has 0 radical (unpaired) electrons. The molecule has 3 nitrogen and oxygen atoms in total. The number of benzene rings is 1. The molecule has 1 aromatic carbocycles. The van der Waals surface area contributed by atoms with Gasteiger partial charge < -0.3 is 10.0 Å². The largest absolute Gasteiger partial charge is 0.456 e. The van der Waals surface area contributed by atoms with Gasteiger partial charge in [-0.1, -0.05) is 30.3 Å². The van der Waals surface area contributed by atoms with Gasteiger partial charge in [0.05, 0.1) is 0 Å². The third kappa shape index (κ3) is 2.81. The van der Waals surface area contributed by atoms with Gasteiger partial charge in [0, 0.05) is 12.4 Å². The van der Waals surface area contributed by atoms with E-state index in [1.807, 2.05) is 18.2 Å². The highest BCUT2D eigenvalue weighted by molar-refractivity contribution is 6.43. The molecule has 0 unspecified atom stereocenters. The van der Waals surface area contributed by atoms with Gasteiger partial charge in [-0.25, -0.2) is 0 Å². The normalized spacial score (nSPS) is 21.9. The van der Waals surface area contributed by atoms with Crippen molar-refractivity contribution in [2.24, 2.45) is 0 Å². The minimum atomic E-state index is -1.16. The Morgan fingerprint density at radius 2 is 2.00 bits per heavy atom. The Labute approximate surface area is 90.5 Å². The summed E-state index contributed by atoms with van der Waals surface area (Å²) < 4.78 is 0. The molecule has 1 saturated heterocycles. The van der Waals surface area contributed by atoms with Crippen LogP contribution in [0.4, 0.5) is 0 Å². The Bertz CT molecular complexity index is 305. The van der Waals surface area contributed by atoms with Gasteiger partial charge in [0.25, 0.3) is 0 Å². The minimum absolute atomic E-state index is 0.0220. The molecule has 0 aromatic heterocycles. The molecule has 0 saturated carbocycles. The molecule has 1 aliphatic rings. The summed E-state index contributed by atoms with van der Waals surface area (Å²) in [6.45, 7) is 2.65. The summed E-state index contributed by atoms with van der Waals surface area (Å²) in [6.07, 6.45) is 0.879. The number of nitrogens with zero attached hydrogens (tertiary/aromatic N) is 1. The second-order valence-electron chi connectivity index (χ2n) is 4.18. The van der Waals surface area contributed by atoms with E-state index in [1.165, 1.54) is 5.56 Å². The maximum absolute atomic E-state index is 9.06. The van der Waals surface area contributed by atoms with Crippen molar-refractivity contribution in [1.29, 1.82) is 0 Å². The van der Waals surface area contributed by atoms with Crippen LogP contribution in [0.15, 0.2) is 30.3 Å². The second kappa shape index (κ2) is 4.79. The van der Waals surface area contributed by atoms with Gasteiger partial charge in [0.15, 0.2) is 0 Å². The van der Waals surface area contributed by atoms with Gasteiger partial charge in [-0.2, -0.15) is 0 Å². The number of rotatable bonds is 3. The summed E-state index contributed by atoms with van der Waals surface area (Å²) in [5.74, 6) is 0.0220. The molecule has 2 N–H and O–H groups in total. The molecular weight excluding hydrogens is 189 g/mol. The van der Waals surface area contributed by atoms with Crippen molar-refractivity contribution in [3.63, 3.8) is 0 Å². The van der Waals surface area contributed by atoms with Crippen molar-refractivity contribution in [3.8, 4) is 0 Å². The zero-order chi connectivity index (χ0) is 10.7. The SMILES string of the molecule is OB(O)[C@H]1CCN(Cc2ccccc2)C1. The van der Waals surface area contributed by atoms with Crippen molar-refractivity contribution in [2.75, 3.05) is 13.1 Å². The van der Waals surface area contributed by atoms with E-state index >= 15 is 0 Å². The Morgan fingerprint density at radius 1 is 1.27 bits per heavy atom. The van der Waals surface area contributed by atoms with Crippen LogP contribution in [0.1, 0.15) is 12.0 Å². The molecule has 1 aliphatic heterocycles. The summed E-state index contributed by atoms with van der Waals surface area (Å²) >= 11 is 0. The van der Waals surface area contributed by atoms with E-state index < -0.39 is 7.12 Å². The fourth-order valence-electron chi connectivity index (χ4n) is 2.09. The molecule has 1 aromatic rings. The molecule has 0 spiro atoms. The molecule has 0 amide bonds. The van der Waals surface area contributed by atoms with Crippen molar-refractivity contribution in [3.05, 3.63) is 35.9 Å². The number of likely N-dealkylation sites (tertiary alicyclic amines) is 1. The lowest BCUT2D eigenvalue weighted by Gasteiger charge is -2.15. The first-order chi connectivity index (χ1) is 7.25. The van der Waals surface area contributed by atoms with Crippen molar-refractivity contribution < 1.29 is 10.0 Å². The van der Waals surface area contributed by atoms with Gasteiger partial charge in [-0.3, -0.25) is 4.90 Å². The third-order valence-corrected chi connectivity index (χ3v) is 2.98. The van der Waals surface area contributed by atoms with E-state index in [0.717, 1.165) is 26.1 Å². The molecule has 1 atom stereocenters. The molecule has 1 heterocycles. The lowest BCUT2D eigenvalue weighted by molar-refractivity contribution is 0.321. The molecule has 1 fully saturated rings. The van der Waals surface area contributed by atoms with E-state index in [4.69, 9.17) is 10.0 Å². The van der Waals surface area contributed by atoms with E-state index in [2.05, 4.69) is 17.0 Å². The zero-order valence-corrected chi connectivity index (χ0v) is 8.71. The van der Waals surface area contributed by atoms with Crippen LogP contribution in [0.3, 0.4) is 0 Å². The summed E-state index contributed by atoms with van der Waals surface area (Å²) in [4.78, 5) is 2.26. The molecule has 0 bridgehead atoms. The summed E-state index contributed by atoms with van der Waals surface area (Å²) in [5, 5.41) is 18.1. The van der Waals surface area contributed by atoms with Crippen LogP contribution in [0, 0.1) is 0 Å². The van der Waals surface area contributed by atoms with Crippen LogP contribution >= 0.6 is 0 Å². The second-order valence-corrected chi connectivity index (χ2v) is 4.18. The van der Waals surface area contributed by atoms with Crippen LogP contribution in [-0.4, -0.2) is 35.2 Å². The van der Waals surface area contributed by atoms with Crippen LogP contribution in [0.2, 0.25) is 5.82 Å². The molecule has 15 heavy (non-hydrogen) atoms. The Hall–Kier alpha value is -0.835. The zero-order valence-electron chi connectivity index (χ0n) is 8.71.